The Balaban J connectivity index is 1.89. The van der Waals surface area contributed by atoms with E-state index < -0.39 is 0 Å². The normalized spacial score (nSPS) is 15.4. The molecule has 138 valence electrons. The Kier molecular flexibility index (Phi) is 6.09. The van der Waals surface area contributed by atoms with Crippen LogP contribution in [0.25, 0.3) is 0 Å². The lowest BCUT2D eigenvalue weighted by Gasteiger charge is -2.36. The maximum Gasteiger partial charge on any atom is 0.253 e. The predicted octanol–water partition coefficient (Wildman–Crippen LogP) is 3.19. The monoisotopic (exact) mass is 346 g/mol. The van der Waals surface area contributed by atoms with E-state index in [9.17, 15) is 9.59 Å². The van der Waals surface area contributed by atoms with E-state index in [1.54, 1.807) is 12.1 Å². The Hall–Kier alpha value is -2.04. The first kappa shape index (κ1) is 19.3. The van der Waals surface area contributed by atoms with E-state index in [-0.39, 0.29) is 23.3 Å². The molecule has 0 unspecified atom stereocenters. The van der Waals surface area contributed by atoms with Gasteiger partial charge in [-0.05, 0) is 43.5 Å². The summed E-state index contributed by atoms with van der Waals surface area (Å²) >= 11 is 0. The zero-order valence-corrected chi connectivity index (χ0v) is 16.0. The highest BCUT2D eigenvalue weighted by Crippen LogP contribution is 2.21. The molecule has 0 atom stereocenters. The maximum absolute atomic E-state index is 12.6. The number of piperazine rings is 1. The molecule has 0 aliphatic carbocycles. The molecule has 0 saturated carbocycles. The maximum atomic E-state index is 12.6. The van der Waals surface area contributed by atoms with Crippen molar-refractivity contribution in [2.24, 2.45) is 5.41 Å². The third-order valence-electron chi connectivity index (χ3n) is 4.07. The fourth-order valence-corrected chi connectivity index (χ4v) is 2.86. The number of amides is 2. The first-order chi connectivity index (χ1) is 11.7. The smallest absolute Gasteiger partial charge is 0.253 e. The van der Waals surface area contributed by atoms with Gasteiger partial charge in [-0.25, -0.2) is 0 Å². The van der Waals surface area contributed by atoms with E-state index in [0.717, 1.165) is 5.75 Å². The minimum absolute atomic E-state index is 0.0101. The van der Waals surface area contributed by atoms with E-state index in [4.69, 9.17) is 4.74 Å². The van der Waals surface area contributed by atoms with Gasteiger partial charge in [0, 0.05) is 38.2 Å². The van der Waals surface area contributed by atoms with Gasteiger partial charge in [0.05, 0.1) is 6.10 Å². The topological polar surface area (TPSA) is 49.9 Å². The Bertz CT molecular complexity index is 594. The van der Waals surface area contributed by atoms with Gasteiger partial charge in [0.1, 0.15) is 5.75 Å². The summed E-state index contributed by atoms with van der Waals surface area (Å²) in [5.41, 5.74) is 0.648. The molecule has 0 bridgehead atoms. The first-order valence-corrected chi connectivity index (χ1v) is 8.99. The van der Waals surface area contributed by atoms with Crippen molar-refractivity contribution in [1.82, 2.24) is 9.80 Å². The molecule has 0 aromatic heterocycles. The molecule has 1 heterocycles. The summed E-state index contributed by atoms with van der Waals surface area (Å²) < 4.78 is 5.61. The molecule has 1 fully saturated rings. The van der Waals surface area contributed by atoms with Crippen LogP contribution in [-0.4, -0.2) is 53.9 Å². The van der Waals surface area contributed by atoms with Crippen LogP contribution in [0.3, 0.4) is 0 Å². The van der Waals surface area contributed by atoms with Gasteiger partial charge >= 0.3 is 0 Å². The molecular formula is C20H30N2O3. The van der Waals surface area contributed by atoms with Crippen molar-refractivity contribution >= 4 is 11.8 Å². The average molecular weight is 346 g/mol. The van der Waals surface area contributed by atoms with E-state index in [2.05, 4.69) is 20.8 Å². The number of carbonyl (C=O) groups is 2. The summed E-state index contributed by atoms with van der Waals surface area (Å²) in [5, 5.41) is 0. The van der Waals surface area contributed by atoms with Crippen molar-refractivity contribution in [3.63, 3.8) is 0 Å². The first-order valence-electron chi connectivity index (χ1n) is 8.99. The summed E-state index contributed by atoms with van der Waals surface area (Å²) in [4.78, 5) is 28.6. The number of rotatable bonds is 4. The lowest BCUT2D eigenvalue weighted by atomic mass is 9.91. The average Bonchev–Trinajstić information content (AvgIpc) is 2.53. The van der Waals surface area contributed by atoms with Gasteiger partial charge in [-0.15, -0.1) is 0 Å². The minimum atomic E-state index is -0.0101. The van der Waals surface area contributed by atoms with Crippen molar-refractivity contribution in [3.05, 3.63) is 29.8 Å². The van der Waals surface area contributed by atoms with Crippen LogP contribution in [0.1, 0.15) is 51.4 Å². The molecule has 2 rings (SSSR count). The van der Waals surface area contributed by atoms with Crippen LogP contribution in [-0.2, 0) is 4.79 Å². The molecule has 25 heavy (non-hydrogen) atoms. The second-order valence-electron chi connectivity index (χ2n) is 8.10. The number of hydrogen-bond acceptors (Lipinski definition) is 3. The molecule has 1 saturated heterocycles. The molecular weight excluding hydrogens is 316 g/mol. The van der Waals surface area contributed by atoms with Gasteiger partial charge in [-0.2, -0.15) is 0 Å². The zero-order valence-electron chi connectivity index (χ0n) is 16.0. The van der Waals surface area contributed by atoms with Crippen LogP contribution in [0.5, 0.6) is 5.75 Å². The molecule has 1 aromatic carbocycles. The third kappa shape index (κ3) is 5.76. The van der Waals surface area contributed by atoms with Crippen LogP contribution in [0.4, 0.5) is 0 Å². The molecule has 1 aliphatic rings. The van der Waals surface area contributed by atoms with E-state index in [1.165, 1.54) is 0 Å². The zero-order chi connectivity index (χ0) is 18.6. The molecule has 1 aromatic rings. The number of carbonyl (C=O) groups excluding carboxylic acids is 2. The summed E-state index contributed by atoms with van der Waals surface area (Å²) in [6, 6.07) is 7.26. The molecule has 0 spiro atoms. The van der Waals surface area contributed by atoms with Crippen molar-refractivity contribution in [1.29, 1.82) is 0 Å². The van der Waals surface area contributed by atoms with Gasteiger partial charge in [-0.3, -0.25) is 9.59 Å². The minimum Gasteiger partial charge on any atom is -0.491 e. The molecule has 5 heteroatoms. The summed E-state index contributed by atoms with van der Waals surface area (Å²) in [6.07, 6.45) is 0.651. The largest absolute Gasteiger partial charge is 0.491 e. The van der Waals surface area contributed by atoms with Crippen LogP contribution in [0.15, 0.2) is 24.3 Å². The van der Waals surface area contributed by atoms with Crippen molar-refractivity contribution in [3.8, 4) is 5.75 Å². The lowest BCUT2D eigenvalue weighted by molar-refractivity contribution is -0.134. The lowest BCUT2D eigenvalue weighted by Crippen LogP contribution is -2.51. The highest BCUT2D eigenvalue weighted by Gasteiger charge is 2.27. The fraction of sp³-hybridized carbons (Fsp3) is 0.600. The third-order valence-corrected chi connectivity index (χ3v) is 4.07. The molecule has 0 radical (unpaired) electrons. The Morgan fingerprint density at radius 1 is 1.00 bits per heavy atom. The molecule has 1 aliphatic heterocycles. The number of hydrogen-bond donors (Lipinski definition) is 0. The predicted molar refractivity (Wildman–Crippen MR) is 98.8 cm³/mol. The second kappa shape index (κ2) is 7.89. The number of nitrogens with zero attached hydrogens (tertiary/aromatic N) is 2. The van der Waals surface area contributed by atoms with Gasteiger partial charge < -0.3 is 14.5 Å². The van der Waals surface area contributed by atoms with E-state index >= 15 is 0 Å². The molecule has 0 N–H and O–H groups in total. The van der Waals surface area contributed by atoms with Crippen LogP contribution in [0.2, 0.25) is 0 Å². The van der Waals surface area contributed by atoms with Crippen LogP contribution < -0.4 is 4.74 Å². The summed E-state index contributed by atoms with van der Waals surface area (Å²) in [6.45, 7) is 12.5. The second-order valence-corrected chi connectivity index (χ2v) is 8.10. The SMILES string of the molecule is CC(C)Oc1ccc(C(=O)N2CCN(C(=O)CC(C)(C)C)CC2)cc1. The van der Waals surface area contributed by atoms with Gasteiger partial charge in [0.15, 0.2) is 0 Å². The molecule has 2 amide bonds. The van der Waals surface area contributed by atoms with Gasteiger partial charge in [0.2, 0.25) is 5.91 Å². The highest BCUT2D eigenvalue weighted by atomic mass is 16.5. The van der Waals surface area contributed by atoms with E-state index in [0.29, 0.717) is 38.2 Å². The van der Waals surface area contributed by atoms with E-state index in [1.807, 2.05) is 35.8 Å². The Labute approximate surface area is 150 Å². The highest BCUT2D eigenvalue weighted by molar-refractivity contribution is 5.94. The molecule has 5 nitrogen and oxygen atoms in total. The Morgan fingerprint density at radius 3 is 2.00 bits per heavy atom. The quantitative estimate of drug-likeness (QED) is 0.841. The number of benzene rings is 1. The van der Waals surface area contributed by atoms with Crippen molar-refractivity contribution < 1.29 is 14.3 Å². The Morgan fingerprint density at radius 2 is 1.52 bits per heavy atom. The van der Waals surface area contributed by atoms with Crippen LogP contribution in [0, 0.1) is 5.41 Å². The van der Waals surface area contributed by atoms with Crippen molar-refractivity contribution in [2.75, 3.05) is 26.2 Å². The standard InChI is InChI=1S/C20H30N2O3/c1-15(2)25-17-8-6-16(7-9-17)19(24)22-12-10-21(11-13-22)18(23)14-20(3,4)5/h6-9,15H,10-14H2,1-5H3. The van der Waals surface area contributed by atoms with Crippen molar-refractivity contribution in [2.45, 2.75) is 47.1 Å². The summed E-state index contributed by atoms with van der Waals surface area (Å²) in [7, 11) is 0. The fourth-order valence-electron chi connectivity index (χ4n) is 2.86. The summed E-state index contributed by atoms with van der Waals surface area (Å²) in [5.74, 6) is 0.956. The van der Waals surface area contributed by atoms with Crippen LogP contribution >= 0.6 is 0 Å². The number of ether oxygens (including phenoxy) is 1. The van der Waals surface area contributed by atoms with Gasteiger partial charge in [0.25, 0.3) is 5.91 Å². The van der Waals surface area contributed by atoms with Gasteiger partial charge in [-0.1, -0.05) is 20.8 Å².